The predicted octanol–water partition coefficient (Wildman–Crippen LogP) is 3.34. The zero-order chi connectivity index (χ0) is 10.4. The van der Waals surface area contributed by atoms with Crippen LogP contribution in [0.2, 0.25) is 0 Å². The highest BCUT2D eigenvalue weighted by atomic mass is 35.5. The van der Waals surface area contributed by atoms with Gasteiger partial charge in [0.25, 0.3) is 0 Å². The molecule has 1 atom stereocenters. The minimum atomic E-state index is 0.534. The Bertz CT molecular complexity index is 187. The molecule has 1 N–H and O–H groups in total. The lowest BCUT2D eigenvalue weighted by Gasteiger charge is -2.35. The van der Waals surface area contributed by atoms with E-state index in [1.807, 2.05) is 6.08 Å². The van der Waals surface area contributed by atoms with Gasteiger partial charge >= 0.3 is 0 Å². The van der Waals surface area contributed by atoms with Crippen LogP contribution in [0.1, 0.15) is 39.5 Å². The van der Waals surface area contributed by atoms with Crippen molar-refractivity contribution in [2.24, 2.45) is 5.41 Å². The summed E-state index contributed by atoms with van der Waals surface area (Å²) in [6, 6.07) is 0.707. The summed E-state index contributed by atoms with van der Waals surface area (Å²) in [6.45, 7) is 5.71. The molecule has 1 aliphatic rings. The zero-order valence-corrected chi connectivity index (χ0v) is 10.1. The van der Waals surface area contributed by atoms with Crippen molar-refractivity contribution in [2.45, 2.75) is 45.6 Å². The largest absolute Gasteiger partial charge is 0.311 e. The van der Waals surface area contributed by atoms with Crippen molar-refractivity contribution in [3.05, 3.63) is 12.2 Å². The van der Waals surface area contributed by atoms with Crippen molar-refractivity contribution in [1.82, 2.24) is 5.32 Å². The Balaban J connectivity index is 2.21. The molecule has 0 amide bonds. The van der Waals surface area contributed by atoms with Crippen LogP contribution in [-0.4, -0.2) is 18.5 Å². The maximum Gasteiger partial charge on any atom is 0.0404 e. The van der Waals surface area contributed by atoms with Gasteiger partial charge < -0.3 is 5.32 Å². The number of hydrogen-bond donors (Lipinski definition) is 1. The van der Waals surface area contributed by atoms with Gasteiger partial charge in [0.05, 0.1) is 0 Å². The lowest BCUT2D eigenvalue weighted by Crippen LogP contribution is -2.37. The standard InChI is InChI=1S/C12H22ClN/c1-12(2)7-5-6-11(10-12)14-9-4-3-8-13/h3-4,11,14H,5-10H2,1-2H3/b4-3+. The van der Waals surface area contributed by atoms with Crippen LogP contribution in [-0.2, 0) is 0 Å². The van der Waals surface area contributed by atoms with Gasteiger partial charge in [-0.1, -0.05) is 32.4 Å². The maximum atomic E-state index is 5.55. The molecule has 0 aromatic rings. The van der Waals surface area contributed by atoms with Gasteiger partial charge in [-0.25, -0.2) is 0 Å². The van der Waals surface area contributed by atoms with Crippen molar-refractivity contribution in [2.75, 3.05) is 12.4 Å². The summed E-state index contributed by atoms with van der Waals surface area (Å²) in [7, 11) is 0. The minimum Gasteiger partial charge on any atom is -0.311 e. The average molecular weight is 216 g/mol. The first-order valence-electron chi connectivity index (χ1n) is 5.58. The Morgan fingerprint density at radius 1 is 1.43 bits per heavy atom. The van der Waals surface area contributed by atoms with E-state index in [-0.39, 0.29) is 0 Å². The van der Waals surface area contributed by atoms with Crippen LogP contribution in [0, 0.1) is 5.41 Å². The minimum absolute atomic E-state index is 0.534. The van der Waals surface area contributed by atoms with Crippen molar-refractivity contribution in [3.63, 3.8) is 0 Å². The number of halogens is 1. The molecular formula is C12H22ClN. The molecule has 82 valence electrons. The Morgan fingerprint density at radius 3 is 2.86 bits per heavy atom. The van der Waals surface area contributed by atoms with Crippen molar-refractivity contribution in [1.29, 1.82) is 0 Å². The van der Waals surface area contributed by atoms with Crippen LogP contribution < -0.4 is 5.32 Å². The van der Waals surface area contributed by atoms with Crippen LogP contribution >= 0.6 is 11.6 Å². The monoisotopic (exact) mass is 215 g/mol. The Morgan fingerprint density at radius 2 is 2.21 bits per heavy atom. The third kappa shape index (κ3) is 4.47. The predicted molar refractivity (Wildman–Crippen MR) is 63.9 cm³/mol. The summed E-state index contributed by atoms with van der Waals surface area (Å²) in [5.74, 6) is 0.623. The fourth-order valence-electron chi connectivity index (χ4n) is 2.25. The number of hydrogen-bond acceptors (Lipinski definition) is 1. The van der Waals surface area contributed by atoms with E-state index in [0.29, 0.717) is 17.3 Å². The molecule has 0 saturated heterocycles. The van der Waals surface area contributed by atoms with Crippen molar-refractivity contribution in [3.8, 4) is 0 Å². The van der Waals surface area contributed by atoms with Gasteiger partial charge in [0, 0.05) is 18.5 Å². The molecule has 0 aromatic carbocycles. The summed E-state index contributed by atoms with van der Waals surface area (Å²) in [5, 5.41) is 3.57. The van der Waals surface area contributed by atoms with Gasteiger partial charge in [-0.2, -0.15) is 0 Å². The summed E-state index contributed by atoms with van der Waals surface area (Å²) < 4.78 is 0. The first-order chi connectivity index (χ1) is 6.64. The van der Waals surface area contributed by atoms with Crippen LogP contribution in [0.5, 0.6) is 0 Å². The first kappa shape index (κ1) is 12.1. The third-order valence-corrected chi connectivity index (χ3v) is 3.16. The molecule has 1 rings (SSSR count). The van der Waals surface area contributed by atoms with Crippen molar-refractivity contribution >= 4 is 11.6 Å². The molecule has 1 saturated carbocycles. The quantitative estimate of drug-likeness (QED) is 0.561. The SMILES string of the molecule is CC1(C)CCCC(NC/C=C/CCl)C1. The normalized spacial score (nSPS) is 26.9. The molecule has 1 nitrogen and oxygen atoms in total. The number of allylic oxidation sites excluding steroid dienone is 1. The highest BCUT2D eigenvalue weighted by Gasteiger charge is 2.26. The second kappa shape index (κ2) is 5.77. The summed E-state index contributed by atoms with van der Waals surface area (Å²) >= 11 is 5.55. The summed E-state index contributed by atoms with van der Waals surface area (Å²) in [5.41, 5.74) is 0.534. The van der Waals surface area contributed by atoms with Crippen LogP contribution in [0.4, 0.5) is 0 Å². The molecule has 0 aromatic heterocycles. The molecule has 14 heavy (non-hydrogen) atoms. The van der Waals surface area contributed by atoms with Gasteiger partial charge in [-0.15, -0.1) is 11.6 Å². The second-order valence-corrected chi connectivity index (χ2v) is 5.30. The molecule has 0 aliphatic heterocycles. The topological polar surface area (TPSA) is 12.0 Å². The molecule has 1 aliphatic carbocycles. The molecule has 0 spiro atoms. The molecule has 0 heterocycles. The number of rotatable bonds is 4. The summed E-state index contributed by atoms with van der Waals surface area (Å²) in [4.78, 5) is 0. The molecule has 1 unspecified atom stereocenters. The average Bonchev–Trinajstić information content (AvgIpc) is 2.11. The van der Waals surface area contributed by atoms with Gasteiger partial charge in [-0.05, 0) is 24.7 Å². The highest BCUT2D eigenvalue weighted by molar-refractivity contribution is 6.18. The van der Waals surface area contributed by atoms with E-state index < -0.39 is 0 Å². The Hall–Kier alpha value is -0.0100. The van der Waals surface area contributed by atoms with Gasteiger partial charge in [0.1, 0.15) is 0 Å². The molecule has 2 heteroatoms. The fraction of sp³-hybridized carbons (Fsp3) is 0.833. The van der Waals surface area contributed by atoms with Crippen LogP contribution in [0.3, 0.4) is 0 Å². The Kier molecular flexibility index (Phi) is 4.97. The van der Waals surface area contributed by atoms with E-state index in [4.69, 9.17) is 11.6 Å². The number of alkyl halides is 1. The van der Waals surface area contributed by atoms with E-state index in [9.17, 15) is 0 Å². The highest BCUT2D eigenvalue weighted by Crippen LogP contribution is 2.34. The molecule has 0 bridgehead atoms. The lowest BCUT2D eigenvalue weighted by molar-refractivity contribution is 0.201. The van der Waals surface area contributed by atoms with E-state index in [2.05, 4.69) is 25.2 Å². The van der Waals surface area contributed by atoms with E-state index in [1.54, 1.807) is 0 Å². The van der Waals surface area contributed by atoms with Gasteiger partial charge in [0.2, 0.25) is 0 Å². The molecule has 1 fully saturated rings. The number of nitrogens with one attached hydrogen (secondary N) is 1. The van der Waals surface area contributed by atoms with E-state index in [1.165, 1.54) is 25.7 Å². The second-order valence-electron chi connectivity index (χ2n) is 4.99. The smallest absolute Gasteiger partial charge is 0.0404 e. The van der Waals surface area contributed by atoms with E-state index in [0.717, 1.165) is 6.54 Å². The fourth-order valence-corrected chi connectivity index (χ4v) is 2.38. The van der Waals surface area contributed by atoms with Crippen LogP contribution in [0.25, 0.3) is 0 Å². The lowest BCUT2D eigenvalue weighted by atomic mass is 9.75. The summed E-state index contributed by atoms with van der Waals surface area (Å²) in [6.07, 6.45) is 9.50. The van der Waals surface area contributed by atoms with Crippen molar-refractivity contribution < 1.29 is 0 Å². The molecule has 0 radical (unpaired) electrons. The van der Waals surface area contributed by atoms with Crippen LogP contribution in [0.15, 0.2) is 12.2 Å². The van der Waals surface area contributed by atoms with E-state index >= 15 is 0 Å². The van der Waals surface area contributed by atoms with Gasteiger partial charge in [0.15, 0.2) is 0 Å². The molecular weight excluding hydrogens is 194 g/mol. The zero-order valence-electron chi connectivity index (χ0n) is 9.35. The maximum absolute atomic E-state index is 5.55. The first-order valence-corrected chi connectivity index (χ1v) is 6.12. The Labute approximate surface area is 92.9 Å². The van der Waals surface area contributed by atoms with Gasteiger partial charge in [-0.3, -0.25) is 0 Å². The third-order valence-electron chi connectivity index (χ3n) is 2.99.